The molecule has 3 nitrogen and oxygen atoms in total. The van der Waals surface area contributed by atoms with E-state index >= 15 is 0 Å². The van der Waals surface area contributed by atoms with Crippen molar-refractivity contribution in [2.24, 2.45) is 7.05 Å². The average Bonchev–Trinajstić information content (AvgIpc) is 2.76. The first-order valence-corrected chi connectivity index (χ1v) is 5.66. The van der Waals surface area contributed by atoms with Crippen LogP contribution in [0.25, 0.3) is 0 Å². The molecular weight excluding hydrogens is 229 g/mol. The van der Waals surface area contributed by atoms with Crippen LogP contribution in [-0.4, -0.2) is 4.57 Å². The number of hydrogen-bond acceptors (Lipinski definition) is 2. The van der Waals surface area contributed by atoms with E-state index in [-0.39, 0.29) is 5.82 Å². The van der Waals surface area contributed by atoms with Crippen LogP contribution < -0.4 is 5.32 Å². The van der Waals surface area contributed by atoms with Crippen LogP contribution in [0.15, 0.2) is 30.5 Å². The van der Waals surface area contributed by atoms with Gasteiger partial charge in [0.25, 0.3) is 0 Å². The fourth-order valence-electron chi connectivity index (χ4n) is 1.79. The molecule has 18 heavy (non-hydrogen) atoms. The second kappa shape index (κ2) is 4.92. The molecule has 0 spiro atoms. The zero-order valence-corrected chi connectivity index (χ0v) is 10.4. The highest BCUT2D eigenvalue weighted by atomic mass is 19.1. The normalized spacial score (nSPS) is 10.1. The lowest BCUT2D eigenvalue weighted by Crippen LogP contribution is -2.06. The molecule has 2 aromatic rings. The summed E-state index contributed by atoms with van der Waals surface area (Å²) in [5.41, 5.74) is 2.61. The average molecular weight is 243 g/mol. The van der Waals surface area contributed by atoms with Gasteiger partial charge in [-0.3, -0.25) is 0 Å². The Morgan fingerprint density at radius 3 is 2.83 bits per heavy atom. The largest absolute Gasteiger partial charge is 0.379 e. The lowest BCUT2D eigenvalue weighted by Gasteiger charge is -2.11. The number of nitrogens with one attached hydrogen (secondary N) is 1. The van der Waals surface area contributed by atoms with Crippen LogP contribution in [0.3, 0.4) is 0 Å². The van der Waals surface area contributed by atoms with E-state index in [0.29, 0.717) is 23.4 Å². The third-order valence-corrected chi connectivity index (χ3v) is 2.98. The SMILES string of the molecule is Cc1c(F)cc(C#N)cc1NCc1cccn1C. The van der Waals surface area contributed by atoms with Gasteiger partial charge < -0.3 is 9.88 Å². The van der Waals surface area contributed by atoms with Crippen molar-refractivity contribution in [1.82, 2.24) is 4.57 Å². The lowest BCUT2D eigenvalue weighted by molar-refractivity contribution is 0.618. The Labute approximate surface area is 105 Å². The van der Waals surface area contributed by atoms with Crippen molar-refractivity contribution in [1.29, 1.82) is 5.26 Å². The molecular formula is C14H14FN3. The number of anilines is 1. The molecule has 0 bridgehead atoms. The molecule has 4 heteroatoms. The van der Waals surface area contributed by atoms with Crippen LogP contribution in [-0.2, 0) is 13.6 Å². The minimum Gasteiger partial charge on any atom is -0.379 e. The van der Waals surface area contributed by atoms with Crippen LogP contribution in [0, 0.1) is 24.1 Å². The summed E-state index contributed by atoms with van der Waals surface area (Å²) in [5, 5.41) is 12.0. The third kappa shape index (κ3) is 2.35. The molecule has 0 atom stereocenters. The maximum Gasteiger partial charge on any atom is 0.129 e. The maximum absolute atomic E-state index is 13.6. The highest BCUT2D eigenvalue weighted by Gasteiger charge is 2.07. The van der Waals surface area contributed by atoms with Crippen LogP contribution in [0.4, 0.5) is 10.1 Å². The first kappa shape index (κ1) is 12.2. The molecule has 0 unspecified atom stereocenters. The van der Waals surface area contributed by atoms with Gasteiger partial charge >= 0.3 is 0 Å². The first-order chi connectivity index (χ1) is 8.61. The minimum atomic E-state index is -0.358. The molecule has 1 N–H and O–H groups in total. The van der Waals surface area contributed by atoms with E-state index in [2.05, 4.69) is 5.32 Å². The highest BCUT2D eigenvalue weighted by Crippen LogP contribution is 2.21. The monoisotopic (exact) mass is 243 g/mol. The van der Waals surface area contributed by atoms with E-state index in [4.69, 9.17) is 5.26 Å². The molecule has 1 heterocycles. The van der Waals surface area contributed by atoms with Crippen LogP contribution in [0.5, 0.6) is 0 Å². The third-order valence-electron chi connectivity index (χ3n) is 2.98. The second-order valence-electron chi connectivity index (χ2n) is 4.21. The topological polar surface area (TPSA) is 40.8 Å². The van der Waals surface area contributed by atoms with Crippen molar-refractivity contribution >= 4 is 5.69 Å². The van der Waals surface area contributed by atoms with E-state index < -0.39 is 0 Å². The van der Waals surface area contributed by atoms with Crippen molar-refractivity contribution in [3.05, 3.63) is 53.1 Å². The summed E-state index contributed by atoms with van der Waals surface area (Å²) in [5.74, 6) is -0.358. The molecule has 0 aliphatic rings. The number of rotatable bonds is 3. The Balaban J connectivity index is 2.22. The summed E-state index contributed by atoms with van der Waals surface area (Å²) in [4.78, 5) is 0. The highest BCUT2D eigenvalue weighted by molar-refractivity contribution is 5.55. The van der Waals surface area contributed by atoms with Gasteiger partial charge in [0, 0.05) is 30.2 Å². The predicted molar refractivity (Wildman–Crippen MR) is 68.6 cm³/mol. The maximum atomic E-state index is 13.6. The Bertz CT molecular complexity index is 608. The summed E-state index contributed by atoms with van der Waals surface area (Å²) in [6, 6.07) is 8.82. The molecule has 0 saturated carbocycles. The van der Waals surface area contributed by atoms with Gasteiger partial charge in [0.15, 0.2) is 0 Å². The Morgan fingerprint density at radius 1 is 1.44 bits per heavy atom. The number of benzene rings is 1. The van der Waals surface area contributed by atoms with Crippen LogP contribution in [0.2, 0.25) is 0 Å². The predicted octanol–water partition coefficient (Wildman–Crippen LogP) is 2.96. The molecule has 92 valence electrons. The van der Waals surface area contributed by atoms with E-state index in [1.54, 1.807) is 13.0 Å². The number of nitrogens with zero attached hydrogens (tertiary/aromatic N) is 2. The van der Waals surface area contributed by atoms with Gasteiger partial charge in [-0.05, 0) is 31.2 Å². The number of nitriles is 1. The number of aryl methyl sites for hydroxylation is 1. The molecule has 0 aliphatic heterocycles. The fraction of sp³-hybridized carbons (Fsp3) is 0.214. The second-order valence-corrected chi connectivity index (χ2v) is 4.21. The molecule has 0 fully saturated rings. The van der Waals surface area contributed by atoms with E-state index in [1.807, 2.05) is 36.0 Å². The summed E-state index contributed by atoms with van der Waals surface area (Å²) < 4.78 is 15.6. The van der Waals surface area contributed by atoms with Crippen molar-refractivity contribution in [3.8, 4) is 6.07 Å². The summed E-state index contributed by atoms with van der Waals surface area (Å²) in [6.07, 6.45) is 1.95. The summed E-state index contributed by atoms with van der Waals surface area (Å²) in [7, 11) is 1.95. The smallest absolute Gasteiger partial charge is 0.129 e. The van der Waals surface area contributed by atoms with Gasteiger partial charge in [-0.15, -0.1) is 0 Å². The van der Waals surface area contributed by atoms with E-state index in [9.17, 15) is 4.39 Å². The standard InChI is InChI=1S/C14H14FN3/c1-10-13(15)6-11(8-16)7-14(10)17-9-12-4-3-5-18(12)2/h3-7,17H,9H2,1-2H3. The molecule has 1 aromatic carbocycles. The molecule has 0 amide bonds. The molecule has 1 aromatic heterocycles. The lowest BCUT2D eigenvalue weighted by atomic mass is 10.1. The Hall–Kier alpha value is -2.28. The Kier molecular flexibility index (Phi) is 3.33. The van der Waals surface area contributed by atoms with Crippen molar-refractivity contribution < 1.29 is 4.39 Å². The van der Waals surface area contributed by atoms with Crippen molar-refractivity contribution in [3.63, 3.8) is 0 Å². The van der Waals surface area contributed by atoms with E-state index in [1.165, 1.54) is 6.07 Å². The molecule has 0 radical (unpaired) electrons. The first-order valence-electron chi connectivity index (χ1n) is 5.66. The summed E-state index contributed by atoms with van der Waals surface area (Å²) in [6.45, 7) is 2.29. The van der Waals surface area contributed by atoms with E-state index in [0.717, 1.165) is 5.69 Å². The van der Waals surface area contributed by atoms with Gasteiger partial charge in [0.1, 0.15) is 5.82 Å². The number of aromatic nitrogens is 1. The molecule has 0 aliphatic carbocycles. The molecule has 2 rings (SSSR count). The quantitative estimate of drug-likeness (QED) is 0.900. The van der Waals surface area contributed by atoms with Crippen LogP contribution in [0.1, 0.15) is 16.8 Å². The number of hydrogen-bond donors (Lipinski definition) is 1. The van der Waals surface area contributed by atoms with Gasteiger partial charge in [-0.2, -0.15) is 5.26 Å². The van der Waals surface area contributed by atoms with Gasteiger partial charge in [0.05, 0.1) is 18.2 Å². The zero-order chi connectivity index (χ0) is 13.1. The summed E-state index contributed by atoms with van der Waals surface area (Å²) >= 11 is 0. The van der Waals surface area contributed by atoms with Crippen molar-refractivity contribution in [2.45, 2.75) is 13.5 Å². The van der Waals surface area contributed by atoms with Crippen LogP contribution >= 0.6 is 0 Å². The van der Waals surface area contributed by atoms with Gasteiger partial charge in [0.2, 0.25) is 0 Å². The van der Waals surface area contributed by atoms with Gasteiger partial charge in [-0.1, -0.05) is 0 Å². The number of halogens is 1. The molecule has 0 saturated heterocycles. The minimum absolute atomic E-state index is 0.326. The van der Waals surface area contributed by atoms with Gasteiger partial charge in [-0.25, -0.2) is 4.39 Å². The Morgan fingerprint density at radius 2 is 2.22 bits per heavy atom. The zero-order valence-electron chi connectivity index (χ0n) is 10.4. The van der Waals surface area contributed by atoms with Crippen molar-refractivity contribution in [2.75, 3.05) is 5.32 Å². The fourth-order valence-corrected chi connectivity index (χ4v) is 1.79.